The van der Waals surface area contributed by atoms with Crippen LogP contribution in [-0.2, 0) is 6.42 Å². The molecule has 1 heterocycles. The molecule has 0 fully saturated rings. The maximum Gasteiger partial charge on any atom is 0.110 e. The van der Waals surface area contributed by atoms with E-state index in [9.17, 15) is 0 Å². The van der Waals surface area contributed by atoms with Gasteiger partial charge in [0.05, 0.1) is 17.1 Å². The Kier molecular flexibility index (Phi) is 3.76. The van der Waals surface area contributed by atoms with E-state index in [4.69, 9.17) is 10.7 Å². The van der Waals surface area contributed by atoms with Crippen molar-refractivity contribution in [2.24, 2.45) is 5.73 Å². The number of para-hydroxylation sites is 2. The van der Waals surface area contributed by atoms with Crippen LogP contribution >= 0.6 is 0 Å². The Morgan fingerprint density at radius 2 is 1.81 bits per heavy atom. The Morgan fingerprint density at radius 1 is 1.10 bits per heavy atom. The first-order valence-corrected chi connectivity index (χ1v) is 7.47. The molecule has 108 valence electrons. The number of hydrogen-bond donors (Lipinski definition) is 1. The summed E-state index contributed by atoms with van der Waals surface area (Å²) in [6.45, 7) is 4.85. The highest BCUT2D eigenvalue weighted by molar-refractivity contribution is 5.76. The van der Waals surface area contributed by atoms with E-state index in [2.05, 4.69) is 60.9 Å². The number of imidazole rings is 1. The van der Waals surface area contributed by atoms with Crippen LogP contribution in [0.1, 0.15) is 29.9 Å². The molecule has 0 saturated carbocycles. The van der Waals surface area contributed by atoms with Crippen molar-refractivity contribution >= 4 is 11.0 Å². The van der Waals surface area contributed by atoms with Crippen molar-refractivity contribution in [3.8, 4) is 0 Å². The van der Waals surface area contributed by atoms with Crippen LogP contribution in [0.4, 0.5) is 0 Å². The van der Waals surface area contributed by atoms with Crippen LogP contribution in [0.25, 0.3) is 11.0 Å². The number of aryl methyl sites for hydroxylation is 2. The lowest BCUT2D eigenvalue weighted by Gasteiger charge is -2.22. The molecule has 0 aliphatic rings. The second-order valence-corrected chi connectivity index (χ2v) is 5.35. The monoisotopic (exact) mass is 279 g/mol. The van der Waals surface area contributed by atoms with Gasteiger partial charge >= 0.3 is 0 Å². The molecule has 2 N–H and O–H groups in total. The minimum absolute atomic E-state index is 0.133. The average molecular weight is 279 g/mol. The SMILES string of the molecule is CCc1nc2ccccc2n1C(CN)c1ccccc1C. The zero-order chi connectivity index (χ0) is 14.8. The zero-order valence-electron chi connectivity index (χ0n) is 12.6. The summed E-state index contributed by atoms with van der Waals surface area (Å²) in [6.07, 6.45) is 0.900. The highest BCUT2D eigenvalue weighted by Crippen LogP contribution is 2.27. The van der Waals surface area contributed by atoms with Crippen LogP contribution in [-0.4, -0.2) is 16.1 Å². The molecular formula is C18H21N3. The van der Waals surface area contributed by atoms with Crippen molar-refractivity contribution in [3.63, 3.8) is 0 Å². The van der Waals surface area contributed by atoms with E-state index in [1.54, 1.807) is 0 Å². The fraction of sp³-hybridized carbons (Fsp3) is 0.278. The third kappa shape index (κ3) is 2.34. The molecule has 21 heavy (non-hydrogen) atoms. The molecule has 3 heteroatoms. The van der Waals surface area contributed by atoms with Crippen molar-refractivity contribution in [2.45, 2.75) is 26.3 Å². The maximum absolute atomic E-state index is 6.13. The second-order valence-electron chi connectivity index (χ2n) is 5.35. The summed E-state index contributed by atoms with van der Waals surface area (Å²) in [4.78, 5) is 4.76. The summed E-state index contributed by atoms with van der Waals surface area (Å²) in [5.74, 6) is 1.09. The van der Waals surface area contributed by atoms with Gasteiger partial charge in [-0.1, -0.05) is 43.3 Å². The van der Waals surface area contributed by atoms with Crippen LogP contribution in [0.15, 0.2) is 48.5 Å². The fourth-order valence-electron chi connectivity index (χ4n) is 3.02. The number of nitrogens with zero attached hydrogens (tertiary/aromatic N) is 2. The molecule has 0 spiro atoms. The highest BCUT2D eigenvalue weighted by atomic mass is 15.1. The number of rotatable bonds is 4. The largest absolute Gasteiger partial charge is 0.328 e. The molecule has 0 amide bonds. The molecule has 1 atom stereocenters. The molecule has 3 aromatic rings. The molecule has 0 bridgehead atoms. The van der Waals surface area contributed by atoms with E-state index >= 15 is 0 Å². The highest BCUT2D eigenvalue weighted by Gasteiger charge is 2.19. The molecule has 2 aromatic carbocycles. The van der Waals surface area contributed by atoms with Crippen LogP contribution in [0.3, 0.4) is 0 Å². The summed E-state index contributed by atoms with van der Waals surface area (Å²) in [5, 5.41) is 0. The van der Waals surface area contributed by atoms with Gasteiger partial charge in [0.15, 0.2) is 0 Å². The standard InChI is InChI=1S/C18H21N3/c1-3-18-20-15-10-6-7-11-16(15)21(18)17(12-19)14-9-5-4-8-13(14)2/h4-11,17H,3,12,19H2,1-2H3. The molecule has 1 unspecified atom stereocenters. The third-order valence-corrected chi connectivity index (χ3v) is 4.07. The van der Waals surface area contributed by atoms with E-state index in [-0.39, 0.29) is 6.04 Å². The van der Waals surface area contributed by atoms with E-state index in [1.165, 1.54) is 11.1 Å². The van der Waals surface area contributed by atoms with E-state index in [0.29, 0.717) is 6.54 Å². The molecule has 3 nitrogen and oxygen atoms in total. The van der Waals surface area contributed by atoms with Crippen LogP contribution < -0.4 is 5.73 Å². The summed E-state index contributed by atoms with van der Waals surface area (Å²) in [5.41, 5.74) is 10.9. The van der Waals surface area contributed by atoms with Crippen LogP contribution in [0, 0.1) is 6.92 Å². The van der Waals surface area contributed by atoms with Gasteiger partial charge in [-0.3, -0.25) is 0 Å². The minimum Gasteiger partial charge on any atom is -0.328 e. The van der Waals surface area contributed by atoms with Gasteiger partial charge in [-0.05, 0) is 30.2 Å². The van der Waals surface area contributed by atoms with E-state index in [0.717, 1.165) is 23.3 Å². The number of benzene rings is 2. The Balaban J connectivity index is 2.24. The predicted molar refractivity (Wildman–Crippen MR) is 87.5 cm³/mol. The lowest BCUT2D eigenvalue weighted by Crippen LogP contribution is -2.23. The first kappa shape index (κ1) is 13.8. The molecular weight excluding hydrogens is 258 g/mol. The lowest BCUT2D eigenvalue weighted by atomic mass is 10.0. The van der Waals surface area contributed by atoms with E-state index in [1.807, 2.05) is 6.07 Å². The molecule has 0 aliphatic heterocycles. The Morgan fingerprint density at radius 3 is 2.52 bits per heavy atom. The van der Waals surface area contributed by atoms with Crippen molar-refractivity contribution < 1.29 is 0 Å². The summed E-state index contributed by atoms with van der Waals surface area (Å²) in [6, 6.07) is 16.9. The van der Waals surface area contributed by atoms with Gasteiger partial charge in [-0.25, -0.2) is 4.98 Å². The number of fused-ring (bicyclic) bond motifs is 1. The average Bonchev–Trinajstić information content (AvgIpc) is 2.89. The topological polar surface area (TPSA) is 43.8 Å². The Hall–Kier alpha value is -2.13. The fourth-order valence-corrected chi connectivity index (χ4v) is 3.02. The van der Waals surface area contributed by atoms with Crippen molar-refractivity contribution in [1.29, 1.82) is 0 Å². The first-order valence-electron chi connectivity index (χ1n) is 7.47. The predicted octanol–water partition coefficient (Wildman–Crippen LogP) is 3.46. The van der Waals surface area contributed by atoms with Gasteiger partial charge in [-0.15, -0.1) is 0 Å². The van der Waals surface area contributed by atoms with Gasteiger partial charge in [0.2, 0.25) is 0 Å². The van der Waals surface area contributed by atoms with Gasteiger partial charge in [-0.2, -0.15) is 0 Å². The van der Waals surface area contributed by atoms with Crippen molar-refractivity contribution in [2.75, 3.05) is 6.54 Å². The Labute approximate surface area is 125 Å². The second kappa shape index (κ2) is 5.70. The van der Waals surface area contributed by atoms with Crippen molar-refractivity contribution in [3.05, 3.63) is 65.5 Å². The first-order chi connectivity index (χ1) is 10.3. The number of nitrogens with two attached hydrogens (primary N) is 1. The van der Waals surface area contributed by atoms with Crippen molar-refractivity contribution in [1.82, 2.24) is 9.55 Å². The molecule has 3 rings (SSSR count). The van der Waals surface area contributed by atoms with Gasteiger partial charge < -0.3 is 10.3 Å². The smallest absolute Gasteiger partial charge is 0.110 e. The molecule has 1 aromatic heterocycles. The third-order valence-electron chi connectivity index (χ3n) is 4.07. The van der Waals surface area contributed by atoms with Gasteiger partial charge in [0.1, 0.15) is 5.82 Å². The molecule has 0 radical (unpaired) electrons. The maximum atomic E-state index is 6.13. The van der Waals surface area contributed by atoms with Gasteiger partial charge in [0.25, 0.3) is 0 Å². The number of aromatic nitrogens is 2. The summed E-state index contributed by atoms with van der Waals surface area (Å²) in [7, 11) is 0. The quantitative estimate of drug-likeness (QED) is 0.795. The normalized spacial score (nSPS) is 12.7. The lowest BCUT2D eigenvalue weighted by molar-refractivity contribution is 0.581. The summed E-state index contributed by atoms with van der Waals surface area (Å²) >= 11 is 0. The van der Waals surface area contributed by atoms with Crippen LogP contribution in [0.5, 0.6) is 0 Å². The van der Waals surface area contributed by atoms with Gasteiger partial charge in [0, 0.05) is 13.0 Å². The van der Waals surface area contributed by atoms with E-state index < -0.39 is 0 Å². The molecule has 0 aliphatic carbocycles. The van der Waals surface area contributed by atoms with Crippen LogP contribution in [0.2, 0.25) is 0 Å². The molecule has 0 saturated heterocycles. The zero-order valence-corrected chi connectivity index (χ0v) is 12.6. The summed E-state index contributed by atoms with van der Waals surface area (Å²) < 4.78 is 2.30. The Bertz CT molecular complexity index is 758. The minimum atomic E-state index is 0.133. The number of hydrogen-bond acceptors (Lipinski definition) is 2.